The molecule has 3 rings (SSSR count). The van der Waals surface area contributed by atoms with Crippen LogP contribution in [0.1, 0.15) is 23.6 Å². The highest BCUT2D eigenvalue weighted by atomic mass is 19.4. The van der Waals surface area contributed by atoms with Gasteiger partial charge in [-0.3, -0.25) is 4.99 Å². The summed E-state index contributed by atoms with van der Waals surface area (Å²) in [5.74, 6) is 2.10. The molecule has 0 spiro atoms. The Kier molecular flexibility index (Phi) is 7.08. The van der Waals surface area contributed by atoms with E-state index in [1.54, 1.807) is 20.2 Å². The Hall–Kier alpha value is -2.89. The van der Waals surface area contributed by atoms with Crippen molar-refractivity contribution in [2.45, 2.75) is 44.8 Å². The molecule has 12 heteroatoms. The number of pyridine rings is 1. The minimum atomic E-state index is -4.41. The van der Waals surface area contributed by atoms with Crippen LogP contribution in [0, 0.1) is 0 Å². The van der Waals surface area contributed by atoms with Crippen LogP contribution in [0.25, 0.3) is 0 Å². The van der Waals surface area contributed by atoms with E-state index >= 15 is 0 Å². The molecule has 0 aromatic carbocycles. The molecule has 1 unspecified atom stereocenters. The lowest BCUT2D eigenvalue weighted by molar-refractivity contribution is -0.154. The lowest BCUT2D eigenvalue weighted by atomic mass is 10.1. The van der Waals surface area contributed by atoms with Crippen LogP contribution in [0.4, 0.5) is 13.2 Å². The van der Waals surface area contributed by atoms with Gasteiger partial charge in [-0.2, -0.15) is 18.3 Å². The van der Waals surface area contributed by atoms with Gasteiger partial charge in [-0.1, -0.05) is 0 Å². The fourth-order valence-electron chi connectivity index (χ4n) is 3.04. The first-order valence-electron chi connectivity index (χ1n) is 9.39. The highest BCUT2D eigenvalue weighted by Crippen LogP contribution is 2.17. The van der Waals surface area contributed by atoms with Crippen molar-refractivity contribution in [3.63, 3.8) is 0 Å². The Morgan fingerprint density at radius 3 is 2.97 bits per heavy atom. The fourth-order valence-corrected chi connectivity index (χ4v) is 3.04. The average Bonchev–Trinajstić information content (AvgIpc) is 3.11. The van der Waals surface area contributed by atoms with Gasteiger partial charge in [-0.05, 0) is 18.1 Å². The van der Waals surface area contributed by atoms with Gasteiger partial charge in [0.05, 0.1) is 6.54 Å². The van der Waals surface area contributed by atoms with Gasteiger partial charge in [-0.25, -0.2) is 14.6 Å². The molecule has 30 heavy (non-hydrogen) atoms. The van der Waals surface area contributed by atoms with Crippen molar-refractivity contribution in [1.29, 1.82) is 0 Å². The third-order valence-corrected chi connectivity index (χ3v) is 4.38. The topological polar surface area (TPSA) is 98.5 Å². The largest absolute Gasteiger partial charge is 0.468 e. The number of guanidine groups is 1. The summed E-state index contributed by atoms with van der Waals surface area (Å²) in [6, 6.07) is 3.27. The van der Waals surface area contributed by atoms with E-state index in [0.717, 1.165) is 24.2 Å². The number of hydrogen-bond acceptors (Lipinski definition) is 6. The van der Waals surface area contributed by atoms with Gasteiger partial charge >= 0.3 is 6.18 Å². The number of aliphatic imine (C=N–C) groups is 1. The van der Waals surface area contributed by atoms with Crippen molar-refractivity contribution in [3.05, 3.63) is 35.5 Å². The summed E-state index contributed by atoms with van der Waals surface area (Å²) in [4.78, 5) is 12.5. The van der Waals surface area contributed by atoms with Crippen molar-refractivity contribution in [3.8, 4) is 5.88 Å². The molecule has 0 saturated heterocycles. The van der Waals surface area contributed by atoms with Crippen LogP contribution in [0.3, 0.4) is 0 Å². The van der Waals surface area contributed by atoms with Gasteiger partial charge in [0, 0.05) is 45.4 Å². The first-order valence-corrected chi connectivity index (χ1v) is 9.39. The lowest BCUT2D eigenvalue weighted by Gasteiger charge is -2.25. The van der Waals surface area contributed by atoms with Crippen LogP contribution in [-0.4, -0.2) is 58.7 Å². The molecule has 3 heterocycles. The van der Waals surface area contributed by atoms with Gasteiger partial charge in [0.25, 0.3) is 0 Å². The normalized spacial score (nSPS) is 16.8. The summed E-state index contributed by atoms with van der Waals surface area (Å²) in [6.45, 7) is 0.00136. The third-order valence-electron chi connectivity index (χ3n) is 4.38. The lowest BCUT2D eigenvalue weighted by Crippen LogP contribution is -2.46. The Morgan fingerprint density at radius 1 is 1.40 bits per heavy atom. The zero-order chi connectivity index (χ0) is 21.6. The zero-order valence-electron chi connectivity index (χ0n) is 16.7. The maximum Gasteiger partial charge on any atom is 0.422 e. The zero-order valence-corrected chi connectivity index (χ0v) is 16.7. The SMILES string of the molecule is CN=C(NCc1ccnc(OCC(F)(F)F)c1)NC1CCc2nc(COC)nn2C1. The van der Waals surface area contributed by atoms with E-state index in [1.807, 2.05) is 4.68 Å². The number of rotatable bonds is 7. The van der Waals surface area contributed by atoms with Gasteiger partial charge in [0.15, 0.2) is 18.4 Å². The molecule has 0 bridgehead atoms. The number of fused-ring (bicyclic) bond motifs is 1. The molecule has 0 saturated carbocycles. The van der Waals surface area contributed by atoms with Crippen LogP contribution in [0.15, 0.2) is 23.3 Å². The average molecular weight is 427 g/mol. The Bertz CT molecular complexity index is 870. The van der Waals surface area contributed by atoms with E-state index < -0.39 is 12.8 Å². The highest BCUT2D eigenvalue weighted by molar-refractivity contribution is 5.79. The first-order chi connectivity index (χ1) is 14.4. The highest BCUT2D eigenvalue weighted by Gasteiger charge is 2.28. The van der Waals surface area contributed by atoms with Crippen molar-refractivity contribution in [2.75, 3.05) is 20.8 Å². The molecular formula is C18H24F3N7O2. The second-order valence-electron chi connectivity index (χ2n) is 6.77. The predicted octanol–water partition coefficient (Wildman–Crippen LogP) is 1.44. The molecule has 9 nitrogen and oxygen atoms in total. The van der Waals surface area contributed by atoms with Crippen LogP contribution in [0.2, 0.25) is 0 Å². The van der Waals surface area contributed by atoms with Crippen molar-refractivity contribution in [2.24, 2.45) is 4.99 Å². The van der Waals surface area contributed by atoms with Crippen LogP contribution >= 0.6 is 0 Å². The Balaban J connectivity index is 1.51. The number of alkyl halides is 3. The number of hydrogen-bond donors (Lipinski definition) is 2. The number of methoxy groups -OCH3 is 1. The number of aryl methyl sites for hydroxylation is 1. The molecule has 2 N–H and O–H groups in total. The minimum Gasteiger partial charge on any atom is -0.468 e. The molecule has 1 aliphatic heterocycles. The molecule has 2 aromatic rings. The Morgan fingerprint density at radius 2 is 2.23 bits per heavy atom. The van der Waals surface area contributed by atoms with E-state index in [4.69, 9.17) is 4.74 Å². The summed E-state index contributed by atoms with van der Waals surface area (Å²) in [5.41, 5.74) is 0.719. The molecule has 0 amide bonds. The molecule has 2 aromatic heterocycles. The molecule has 0 radical (unpaired) electrons. The molecule has 0 aliphatic carbocycles. The molecule has 1 atom stereocenters. The van der Waals surface area contributed by atoms with E-state index in [-0.39, 0.29) is 11.9 Å². The number of halogens is 3. The second kappa shape index (κ2) is 9.74. The van der Waals surface area contributed by atoms with Crippen molar-refractivity contribution in [1.82, 2.24) is 30.4 Å². The monoisotopic (exact) mass is 427 g/mol. The summed E-state index contributed by atoms with van der Waals surface area (Å²) < 4.78 is 48.5. The van der Waals surface area contributed by atoms with Gasteiger partial charge < -0.3 is 20.1 Å². The standard InChI is InChI=1S/C18H24F3N7O2/c1-22-17(24-8-12-5-6-23-16(7-12)30-11-18(19,20)21)25-13-3-4-15-26-14(10-29-2)27-28(15)9-13/h5-7,13H,3-4,8-11H2,1-2H3,(H2,22,24,25). The van der Waals surface area contributed by atoms with Crippen LogP contribution in [-0.2, 0) is 30.9 Å². The van der Waals surface area contributed by atoms with Crippen LogP contribution in [0.5, 0.6) is 5.88 Å². The number of nitrogens with zero attached hydrogens (tertiary/aromatic N) is 5. The second-order valence-corrected chi connectivity index (χ2v) is 6.77. The molecular weight excluding hydrogens is 403 g/mol. The summed E-state index contributed by atoms with van der Waals surface area (Å²) in [6.07, 6.45) is -1.34. The summed E-state index contributed by atoms with van der Waals surface area (Å²) in [5, 5.41) is 10.9. The first kappa shape index (κ1) is 21.8. The van der Waals surface area contributed by atoms with Crippen LogP contribution < -0.4 is 15.4 Å². The number of aromatic nitrogens is 4. The summed E-state index contributed by atoms with van der Waals surface area (Å²) >= 11 is 0. The Labute approximate surface area is 171 Å². The number of nitrogens with one attached hydrogen (secondary N) is 2. The number of ether oxygens (including phenoxy) is 2. The smallest absolute Gasteiger partial charge is 0.422 e. The maximum absolute atomic E-state index is 12.3. The predicted molar refractivity (Wildman–Crippen MR) is 102 cm³/mol. The quantitative estimate of drug-likeness (QED) is 0.510. The molecule has 0 fully saturated rings. The maximum atomic E-state index is 12.3. The third kappa shape index (κ3) is 6.31. The van der Waals surface area contributed by atoms with E-state index in [9.17, 15) is 13.2 Å². The van der Waals surface area contributed by atoms with E-state index in [2.05, 4.69) is 35.4 Å². The van der Waals surface area contributed by atoms with Gasteiger partial charge in [0.2, 0.25) is 5.88 Å². The molecule has 1 aliphatic rings. The van der Waals surface area contributed by atoms with E-state index in [1.165, 1.54) is 12.3 Å². The van der Waals surface area contributed by atoms with Crippen molar-refractivity contribution >= 4 is 5.96 Å². The van der Waals surface area contributed by atoms with Gasteiger partial charge in [-0.15, -0.1) is 0 Å². The summed E-state index contributed by atoms with van der Waals surface area (Å²) in [7, 11) is 3.26. The van der Waals surface area contributed by atoms with Crippen molar-refractivity contribution < 1.29 is 22.6 Å². The van der Waals surface area contributed by atoms with E-state index in [0.29, 0.717) is 31.5 Å². The molecule has 164 valence electrons. The minimum absolute atomic E-state index is 0.0765. The fraction of sp³-hybridized carbons (Fsp3) is 0.556. The van der Waals surface area contributed by atoms with Gasteiger partial charge in [0.1, 0.15) is 12.4 Å².